The largest absolute Gasteiger partial charge is 0.497 e. The average molecular weight is 284 g/mol. The molecule has 5 heteroatoms. The standard InChI is InChI=1S/C14H18ClNO3/c1-3-4-5-13(17)11-8-10(19-2)6-7-12(11)16-14(18)9-15/h6-8H,3-5,9H2,1-2H3,(H,16,18). The Bertz CT molecular complexity index is 460. The van der Waals surface area contributed by atoms with E-state index in [0.29, 0.717) is 23.4 Å². The van der Waals surface area contributed by atoms with Gasteiger partial charge in [0.15, 0.2) is 5.78 Å². The first kappa shape index (κ1) is 15.5. The summed E-state index contributed by atoms with van der Waals surface area (Å²) in [6, 6.07) is 4.99. The van der Waals surface area contributed by atoms with E-state index in [1.54, 1.807) is 18.2 Å². The van der Waals surface area contributed by atoms with Gasteiger partial charge in [0.05, 0.1) is 12.8 Å². The molecule has 0 fully saturated rings. The van der Waals surface area contributed by atoms with Gasteiger partial charge in [-0.3, -0.25) is 9.59 Å². The number of Topliss-reactive ketones (excluding diaryl/α,β-unsaturated/α-hetero) is 1. The van der Waals surface area contributed by atoms with Gasteiger partial charge >= 0.3 is 0 Å². The van der Waals surface area contributed by atoms with Crippen LogP contribution in [0.2, 0.25) is 0 Å². The molecule has 0 aliphatic carbocycles. The van der Waals surface area contributed by atoms with E-state index >= 15 is 0 Å². The zero-order valence-corrected chi connectivity index (χ0v) is 11.9. The van der Waals surface area contributed by atoms with Crippen molar-refractivity contribution in [3.63, 3.8) is 0 Å². The second kappa shape index (κ2) is 7.79. The number of amides is 1. The summed E-state index contributed by atoms with van der Waals surface area (Å²) in [6.45, 7) is 2.02. The van der Waals surface area contributed by atoms with Crippen molar-refractivity contribution >= 4 is 29.0 Å². The molecule has 0 heterocycles. The first-order valence-electron chi connectivity index (χ1n) is 6.19. The van der Waals surface area contributed by atoms with Crippen LogP contribution in [0.3, 0.4) is 0 Å². The molecule has 19 heavy (non-hydrogen) atoms. The number of methoxy groups -OCH3 is 1. The molecule has 1 rings (SSSR count). The van der Waals surface area contributed by atoms with E-state index in [9.17, 15) is 9.59 Å². The summed E-state index contributed by atoms with van der Waals surface area (Å²) < 4.78 is 5.10. The minimum atomic E-state index is -0.337. The average Bonchev–Trinajstić information content (AvgIpc) is 2.44. The van der Waals surface area contributed by atoms with Crippen LogP contribution in [0, 0.1) is 0 Å². The molecule has 0 saturated heterocycles. The van der Waals surface area contributed by atoms with Crippen molar-refractivity contribution in [2.75, 3.05) is 18.3 Å². The number of halogens is 1. The molecule has 0 aromatic heterocycles. The Morgan fingerprint density at radius 3 is 2.68 bits per heavy atom. The maximum atomic E-state index is 12.1. The summed E-state index contributed by atoms with van der Waals surface area (Å²) in [4.78, 5) is 23.5. The molecular formula is C14H18ClNO3. The maximum absolute atomic E-state index is 12.1. The lowest BCUT2D eigenvalue weighted by Gasteiger charge is -2.11. The van der Waals surface area contributed by atoms with Crippen LogP contribution in [0.4, 0.5) is 5.69 Å². The number of rotatable bonds is 7. The molecule has 4 nitrogen and oxygen atoms in total. The first-order chi connectivity index (χ1) is 9.12. The lowest BCUT2D eigenvalue weighted by Crippen LogP contribution is -2.15. The third-order valence-corrected chi connectivity index (χ3v) is 2.92. The van der Waals surface area contributed by atoms with Gasteiger partial charge in [-0.15, -0.1) is 11.6 Å². The molecule has 1 amide bonds. The lowest BCUT2D eigenvalue weighted by atomic mass is 10.0. The number of unbranched alkanes of at least 4 members (excludes halogenated alkanes) is 1. The van der Waals surface area contributed by atoms with Crippen LogP contribution in [-0.4, -0.2) is 24.7 Å². The number of hydrogen-bond donors (Lipinski definition) is 1. The van der Waals surface area contributed by atoms with Gasteiger partial charge in [-0.1, -0.05) is 13.3 Å². The fourth-order valence-electron chi connectivity index (χ4n) is 1.65. The number of carbonyl (C=O) groups excluding carboxylic acids is 2. The topological polar surface area (TPSA) is 55.4 Å². The van der Waals surface area contributed by atoms with E-state index < -0.39 is 0 Å². The summed E-state index contributed by atoms with van der Waals surface area (Å²) in [5.41, 5.74) is 0.943. The highest BCUT2D eigenvalue weighted by atomic mass is 35.5. The van der Waals surface area contributed by atoms with Gasteiger partial charge < -0.3 is 10.1 Å². The van der Waals surface area contributed by atoms with Crippen LogP contribution in [0.1, 0.15) is 36.5 Å². The fourth-order valence-corrected chi connectivity index (χ4v) is 1.71. The van der Waals surface area contributed by atoms with Crippen molar-refractivity contribution < 1.29 is 14.3 Å². The monoisotopic (exact) mass is 283 g/mol. The molecule has 1 N–H and O–H groups in total. The SMILES string of the molecule is CCCCC(=O)c1cc(OC)ccc1NC(=O)CCl. The highest BCUT2D eigenvalue weighted by Gasteiger charge is 2.14. The number of ether oxygens (including phenoxy) is 1. The smallest absolute Gasteiger partial charge is 0.239 e. The molecule has 0 aliphatic rings. The Kier molecular flexibility index (Phi) is 6.36. The Balaban J connectivity index is 3.01. The number of ketones is 1. The molecule has 1 aromatic rings. The van der Waals surface area contributed by atoms with E-state index in [-0.39, 0.29) is 17.6 Å². The van der Waals surface area contributed by atoms with Gasteiger partial charge in [0.25, 0.3) is 0 Å². The summed E-state index contributed by atoms with van der Waals surface area (Å²) in [5.74, 6) is 0.0972. The number of anilines is 1. The van der Waals surface area contributed by atoms with Crippen molar-refractivity contribution in [2.45, 2.75) is 26.2 Å². The summed E-state index contributed by atoms with van der Waals surface area (Å²) in [7, 11) is 1.53. The highest BCUT2D eigenvalue weighted by molar-refractivity contribution is 6.29. The van der Waals surface area contributed by atoms with Gasteiger partial charge in [0.2, 0.25) is 5.91 Å². The molecule has 0 spiro atoms. The quantitative estimate of drug-likeness (QED) is 0.617. The predicted octanol–water partition coefficient (Wildman–Crippen LogP) is 3.25. The van der Waals surface area contributed by atoms with E-state index in [4.69, 9.17) is 16.3 Å². The highest BCUT2D eigenvalue weighted by Crippen LogP contribution is 2.24. The molecule has 0 unspecified atom stereocenters. The molecule has 0 aliphatic heterocycles. The Hall–Kier alpha value is -1.55. The van der Waals surface area contributed by atoms with Gasteiger partial charge in [0, 0.05) is 12.0 Å². The Labute approximate surface area is 118 Å². The van der Waals surface area contributed by atoms with Crippen LogP contribution in [0.15, 0.2) is 18.2 Å². The summed E-state index contributed by atoms with van der Waals surface area (Å²) in [6.07, 6.45) is 2.21. The number of hydrogen-bond acceptors (Lipinski definition) is 3. The van der Waals surface area contributed by atoms with Crippen molar-refractivity contribution in [3.8, 4) is 5.75 Å². The van der Waals surface area contributed by atoms with Crippen LogP contribution in [0.5, 0.6) is 5.75 Å². The second-order valence-corrected chi connectivity index (χ2v) is 4.39. The van der Waals surface area contributed by atoms with Crippen molar-refractivity contribution in [3.05, 3.63) is 23.8 Å². The molecule has 104 valence electrons. The van der Waals surface area contributed by atoms with E-state index in [2.05, 4.69) is 5.32 Å². The van der Waals surface area contributed by atoms with E-state index in [1.165, 1.54) is 7.11 Å². The lowest BCUT2D eigenvalue weighted by molar-refractivity contribution is -0.113. The fraction of sp³-hybridized carbons (Fsp3) is 0.429. The summed E-state index contributed by atoms with van der Waals surface area (Å²) in [5, 5.41) is 2.62. The molecular weight excluding hydrogens is 266 g/mol. The second-order valence-electron chi connectivity index (χ2n) is 4.12. The van der Waals surface area contributed by atoms with Gasteiger partial charge in [-0.25, -0.2) is 0 Å². The zero-order chi connectivity index (χ0) is 14.3. The van der Waals surface area contributed by atoms with Gasteiger partial charge in [0.1, 0.15) is 11.6 Å². The number of carbonyl (C=O) groups is 2. The number of alkyl halides is 1. The molecule has 0 saturated carbocycles. The van der Waals surface area contributed by atoms with Crippen LogP contribution >= 0.6 is 11.6 Å². The van der Waals surface area contributed by atoms with Crippen molar-refractivity contribution in [1.82, 2.24) is 0 Å². The number of benzene rings is 1. The summed E-state index contributed by atoms with van der Waals surface area (Å²) >= 11 is 5.45. The van der Waals surface area contributed by atoms with Crippen LogP contribution < -0.4 is 10.1 Å². The van der Waals surface area contributed by atoms with E-state index in [0.717, 1.165) is 12.8 Å². The van der Waals surface area contributed by atoms with Crippen molar-refractivity contribution in [1.29, 1.82) is 0 Å². The van der Waals surface area contributed by atoms with Crippen molar-refractivity contribution in [2.24, 2.45) is 0 Å². The normalized spacial score (nSPS) is 10.1. The molecule has 0 atom stereocenters. The Morgan fingerprint density at radius 2 is 2.11 bits per heavy atom. The maximum Gasteiger partial charge on any atom is 0.239 e. The zero-order valence-electron chi connectivity index (χ0n) is 11.2. The predicted molar refractivity (Wildman–Crippen MR) is 76.2 cm³/mol. The van der Waals surface area contributed by atoms with Crippen LogP contribution in [0.25, 0.3) is 0 Å². The van der Waals surface area contributed by atoms with Crippen LogP contribution in [-0.2, 0) is 4.79 Å². The Morgan fingerprint density at radius 1 is 1.37 bits per heavy atom. The third-order valence-electron chi connectivity index (χ3n) is 2.68. The molecule has 0 bridgehead atoms. The van der Waals surface area contributed by atoms with Gasteiger partial charge in [-0.2, -0.15) is 0 Å². The number of nitrogens with one attached hydrogen (secondary N) is 1. The van der Waals surface area contributed by atoms with Gasteiger partial charge in [-0.05, 0) is 24.6 Å². The van der Waals surface area contributed by atoms with E-state index in [1.807, 2.05) is 6.92 Å². The minimum absolute atomic E-state index is 0.00868. The molecule has 1 aromatic carbocycles. The first-order valence-corrected chi connectivity index (χ1v) is 6.72. The third kappa shape index (κ3) is 4.56. The minimum Gasteiger partial charge on any atom is -0.497 e. The molecule has 0 radical (unpaired) electrons.